The molecule has 1 aliphatic carbocycles. The molecule has 0 saturated heterocycles. The SMILES string of the molecule is COc1ccc(C2(CNC(=O)NCc3cccc(C)c3)CC2)cc1. The summed E-state index contributed by atoms with van der Waals surface area (Å²) in [4.78, 5) is 12.1. The van der Waals surface area contributed by atoms with Crippen LogP contribution in [0.2, 0.25) is 0 Å². The number of rotatable bonds is 6. The summed E-state index contributed by atoms with van der Waals surface area (Å²) in [5.74, 6) is 0.860. The van der Waals surface area contributed by atoms with Crippen molar-refractivity contribution in [1.82, 2.24) is 10.6 Å². The molecule has 2 amide bonds. The van der Waals surface area contributed by atoms with Gasteiger partial charge in [-0.3, -0.25) is 0 Å². The maximum Gasteiger partial charge on any atom is 0.315 e. The fourth-order valence-electron chi connectivity index (χ4n) is 2.98. The molecule has 0 aliphatic heterocycles. The van der Waals surface area contributed by atoms with Gasteiger partial charge in [-0.25, -0.2) is 4.79 Å². The quantitative estimate of drug-likeness (QED) is 0.854. The first-order chi connectivity index (χ1) is 11.6. The largest absolute Gasteiger partial charge is 0.497 e. The predicted molar refractivity (Wildman–Crippen MR) is 95.3 cm³/mol. The maximum absolute atomic E-state index is 12.1. The highest BCUT2D eigenvalue weighted by Crippen LogP contribution is 2.47. The fourth-order valence-corrected chi connectivity index (χ4v) is 2.98. The van der Waals surface area contributed by atoms with E-state index in [1.54, 1.807) is 7.11 Å². The van der Waals surface area contributed by atoms with Crippen LogP contribution in [0.25, 0.3) is 0 Å². The molecule has 1 saturated carbocycles. The topological polar surface area (TPSA) is 50.4 Å². The van der Waals surface area contributed by atoms with Gasteiger partial charge in [0.1, 0.15) is 5.75 Å². The summed E-state index contributed by atoms with van der Waals surface area (Å²) in [6.45, 7) is 3.26. The van der Waals surface area contributed by atoms with Gasteiger partial charge in [-0.1, -0.05) is 42.0 Å². The van der Waals surface area contributed by atoms with Gasteiger partial charge in [-0.05, 0) is 43.0 Å². The number of amides is 2. The van der Waals surface area contributed by atoms with Crippen LogP contribution in [0.1, 0.15) is 29.5 Å². The van der Waals surface area contributed by atoms with Crippen LogP contribution < -0.4 is 15.4 Å². The zero-order valence-electron chi connectivity index (χ0n) is 14.3. The van der Waals surface area contributed by atoms with E-state index in [4.69, 9.17) is 4.74 Å². The third-order valence-electron chi connectivity index (χ3n) is 4.68. The summed E-state index contributed by atoms with van der Waals surface area (Å²) >= 11 is 0. The monoisotopic (exact) mass is 324 g/mol. The third kappa shape index (κ3) is 3.88. The lowest BCUT2D eigenvalue weighted by Gasteiger charge is -2.17. The summed E-state index contributed by atoms with van der Waals surface area (Å²) in [7, 11) is 1.67. The molecule has 0 heterocycles. The minimum Gasteiger partial charge on any atom is -0.497 e. The summed E-state index contributed by atoms with van der Waals surface area (Å²) in [5.41, 5.74) is 3.67. The molecular weight excluding hydrogens is 300 g/mol. The second-order valence-electron chi connectivity index (χ2n) is 6.53. The van der Waals surface area contributed by atoms with Crippen molar-refractivity contribution in [2.75, 3.05) is 13.7 Å². The molecule has 1 aliphatic rings. The summed E-state index contributed by atoms with van der Waals surface area (Å²) in [6, 6.07) is 16.2. The van der Waals surface area contributed by atoms with Gasteiger partial charge >= 0.3 is 6.03 Å². The number of benzene rings is 2. The lowest BCUT2D eigenvalue weighted by molar-refractivity contribution is 0.239. The lowest BCUT2D eigenvalue weighted by atomic mass is 9.96. The van der Waals surface area contributed by atoms with Crippen LogP contribution in [0, 0.1) is 6.92 Å². The Bertz CT molecular complexity index is 706. The average Bonchev–Trinajstić information content (AvgIpc) is 3.39. The highest BCUT2D eigenvalue weighted by Gasteiger charge is 2.44. The number of nitrogens with one attached hydrogen (secondary N) is 2. The van der Waals surface area contributed by atoms with Gasteiger partial charge in [-0.15, -0.1) is 0 Å². The molecule has 0 spiro atoms. The van der Waals surface area contributed by atoms with E-state index in [9.17, 15) is 4.79 Å². The molecule has 24 heavy (non-hydrogen) atoms. The molecule has 0 radical (unpaired) electrons. The zero-order chi connectivity index (χ0) is 17.0. The number of hydrogen-bond acceptors (Lipinski definition) is 2. The van der Waals surface area contributed by atoms with Crippen molar-refractivity contribution < 1.29 is 9.53 Å². The molecule has 4 heteroatoms. The molecule has 3 rings (SSSR count). The molecule has 0 bridgehead atoms. The van der Waals surface area contributed by atoms with Crippen molar-refractivity contribution in [3.8, 4) is 5.75 Å². The van der Waals surface area contributed by atoms with Crippen molar-refractivity contribution >= 4 is 6.03 Å². The number of aryl methyl sites for hydroxylation is 1. The van der Waals surface area contributed by atoms with E-state index in [-0.39, 0.29) is 11.4 Å². The smallest absolute Gasteiger partial charge is 0.315 e. The van der Waals surface area contributed by atoms with E-state index in [2.05, 4.69) is 41.8 Å². The normalized spacial score (nSPS) is 14.8. The fraction of sp³-hybridized carbons (Fsp3) is 0.350. The summed E-state index contributed by atoms with van der Waals surface area (Å²) < 4.78 is 5.20. The van der Waals surface area contributed by atoms with E-state index >= 15 is 0 Å². The second kappa shape index (κ2) is 6.95. The molecule has 126 valence electrons. The minimum absolute atomic E-state index is 0.0902. The number of urea groups is 1. The van der Waals surface area contributed by atoms with Gasteiger partial charge in [0.25, 0.3) is 0 Å². The molecule has 2 aromatic rings. The van der Waals surface area contributed by atoms with E-state index in [0.29, 0.717) is 13.1 Å². The number of carbonyl (C=O) groups is 1. The van der Waals surface area contributed by atoms with Crippen molar-refractivity contribution in [2.45, 2.75) is 31.7 Å². The Labute approximate surface area is 143 Å². The van der Waals surface area contributed by atoms with Crippen LogP contribution in [-0.4, -0.2) is 19.7 Å². The molecule has 4 nitrogen and oxygen atoms in total. The third-order valence-corrected chi connectivity index (χ3v) is 4.68. The van der Waals surface area contributed by atoms with Crippen LogP contribution in [0.4, 0.5) is 4.79 Å². The average molecular weight is 324 g/mol. The Balaban J connectivity index is 1.50. The van der Waals surface area contributed by atoms with Crippen LogP contribution in [0.5, 0.6) is 5.75 Å². The number of ether oxygens (including phenoxy) is 1. The summed E-state index contributed by atoms with van der Waals surface area (Å²) in [6.07, 6.45) is 2.22. The van der Waals surface area contributed by atoms with Gasteiger partial charge < -0.3 is 15.4 Å². The standard InChI is InChI=1S/C20H24N2O2/c1-15-4-3-5-16(12-15)13-21-19(23)22-14-20(10-11-20)17-6-8-18(24-2)9-7-17/h3-9,12H,10-11,13-14H2,1-2H3,(H2,21,22,23). The van der Waals surface area contributed by atoms with Gasteiger partial charge in [-0.2, -0.15) is 0 Å². The second-order valence-corrected chi connectivity index (χ2v) is 6.53. The number of methoxy groups -OCH3 is 1. The Kier molecular flexibility index (Phi) is 4.74. The first kappa shape index (κ1) is 16.4. The first-order valence-electron chi connectivity index (χ1n) is 8.33. The van der Waals surface area contributed by atoms with E-state index < -0.39 is 0 Å². The summed E-state index contributed by atoms with van der Waals surface area (Å²) in [5, 5.41) is 5.94. The van der Waals surface area contributed by atoms with Gasteiger partial charge in [0.15, 0.2) is 0 Å². The Morgan fingerprint density at radius 1 is 1.12 bits per heavy atom. The predicted octanol–water partition coefficient (Wildman–Crippen LogP) is 3.53. The lowest BCUT2D eigenvalue weighted by Crippen LogP contribution is -2.39. The Hall–Kier alpha value is -2.49. The number of carbonyl (C=O) groups excluding carboxylic acids is 1. The minimum atomic E-state index is -0.115. The molecular formula is C20H24N2O2. The van der Waals surface area contributed by atoms with Crippen LogP contribution in [0.15, 0.2) is 48.5 Å². The maximum atomic E-state index is 12.1. The van der Waals surface area contributed by atoms with Crippen molar-refractivity contribution in [1.29, 1.82) is 0 Å². The highest BCUT2D eigenvalue weighted by atomic mass is 16.5. The van der Waals surface area contributed by atoms with E-state index in [1.807, 2.05) is 24.3 Å². The first-order valence-corrected chi connectivity index (χ1v) is 8.33. The van der Waals surface area contributed by atoms with Crippen molar-refractivity contribution in [3.05, 3.63) is 65.2 Å². The van der Waals surface area contributed by atoms with Crippen LogP contribution in [-0.2, 0) is 12.0 Å². The number of hydrogen-bond donors (Lipinski definition) is 2. The molecule has 0 atom stereocenters. The molecule has 0 unspecified atom stereocenters. The van der Waals surface area contributed by atoms with Crippen molar-refractivity contribution in [2.24, 2.45) is 0 Å². The highest BCUT2D eigenvalue weighted by molar-refractivity contribution is 5.74. The Morgan fingerprint density at radius 2 is 1.88 bits per heavy atom. The molecule has 0 aromatic heterocycles. The van der Waals surface area contributed by atoms with E-state index in [0.717, 1.165) is 24.2 Å². The van der Waals surface area contributed by atoms with Crippen LogP contribution in [0.3, 0.4) is 0 Å². The molecule has 1 fully saturated rings. The van der Waals surface area contributed by atoms with Gasteiger partial charge in [0.05, 0.1) is 7.11 Å². The molecule has 2 N–H and O–H groups in total. The van der Waals surface area contributed by atoms with Gasteiger partial charge in [0.2, 0.25) is 0 Å². The van der Waals surface area contributed by atoms with Crippen molar-refractivity contribution in [3.63, 3.8) is 0 Å². The van der Waals surface area contributed by atoms with Gasteiger partial charge in [0, 0.05) is 18.5 Å². The Morgan fingerprint density at radius 3 is 2.50 bits per heavy atom. The van der Waals surface area contributed by atoms with E-state index in [1.165, 1.54) is 11.1 Å². The molecule has 2 aromatic carbocycles. The van der Waals surface area contributed by atoms with Crippen LogP contribution >= 0.6 is 0 Å². The zero-order valence-corrected chi connectivity index (χ0v) is 14.3.